The second-order valence-corrected chi connectivity index (χ2v) is 4.84. The number of hydrogen-bond donors (Lipinski definition) is 1. The van der Waals surface area contributed by atoms with Crippen LogP contribution >= 0.6 is 15.9 Å². The van der Waals surface area contributed by atoms with E-state index in [-0.39, 0.29) is 11.7 Å². The number of rotatable bonds is 3. The van der Waals surface area contributed by atoms with Gasteiger partial charge in [0.15, 0.2) is 10.4 Å². The lowest BCUT2D eigenvalue weighted by Gasteiger charge is -2.05. The summed E-state index contributed by atoms with van der Waals surface area (Å²) in [4.78, 5) is 11.9. The van der Waals surface area contributed by atoms with E-state index in [4.69, 9.17) is 4.42 Å². The van der Waals surface area contributed by atoms with Crippen LogP contribution in [0.2, 0.25) is 0 Å². The summed E-state index contributed by atoms with van der Waals surface area (Å²) in [5.41, 5.74) is 1.62. The number of furan rings is 1. The van der Waals surface area contributed by atoms with Gasteiger partial charge in [0.1, 0.15) is 0 Å². The van der Waals surface area contributed by atoms with Crippen molar-refractivity contribution in [3.8, 4) is 5.69 Å². The molecule has 0 atom stereocenters. The fraction of sp³-hybridized carbons (Fsp3) is 0. The van der Waals surface area contributed by atoms with Crippen LogP contribution in [0.1, 0.15) is 10.6 Å². The van der Waals surface area contributed by atoms with Gasteiger partial charge in [0.05, 0.1) is 5.69 Å². The van der Waals surface area contributed by atoms with Gasteiger partial charge in [0, 0.05) is 18.1 Å². The average Bonchev–Trinajstić information content (AvgIpc) is 3.10. The minimum atomic E-state index is -0.289. The number of halogens is 1. The topological polar surface area (TPSA) is 60.1 Å². The van der Waals surface area contributed by atoms with E-state index >= 15 is 0 Å². The summed E-state index contributed by atoms with van der Waals surface area (Å²) in [5.74, 6) is -0.0319. The molecule has 3 aromatic rings. The molecule has 1 amide bonds. The molecule has 0 unspecified atom stereocenters. The summed E-state index contributed by atoms with van der Waals surface area (Å²) < 4.78 is 7.46. The zero-order valence-electron chi connectivity index (χ0n) is 10.3. The third kappa shape index (κ3) is 2.65. The Morgan fingerprint density at radius 3 is 2.60 bits per heavy atom. The van der Waals surface area contributed by atoms with Crippen LogP contribution in [-0.2, 0) is 0 Å². The van der Waals surface area contributed by atoms with E-state index in [2.05, 4.69) is 26.3 Å². The highest BCUT2D eigenvalue weighted by molar-refractivity contribution is 9.10. The van der Waals surface area contributed by atoms with Crippen LogP contribution in [0.4, 0.5) is 5.69 Å². The van der Waals surface area contributed by atoms with Crippen molar-refractivity contribution in [2.24, 2.45) is 0 Å². The van der Waals surface area contributed by atoms with Crippen LogP contribution < -0.4 is 5.32 Å². The van der Waals surface area contributed by atoms with Crippen molar-refractivity contribution in [1.29, 1.82) is 0 Å². The Balaban J connectivity index is 1.74. The lowest BCUT2D eigenvalue weighted by atomic mass is 10.2. The predicted molar refractivity (Wildman–Crippen MR) is 77.9 cm³/mol. The van der Waals surface area contributed by atoms with Crippen molar-refractivity contribution in [3.63, 3.8) is 0 Å². The minimum Gasteiger partial charge on any atom is -0.444 e. The van der Waals surface area contributed by atoms with Crippen molar-refractivity contribution < 1.29 is 9.21 Å². The minimum absolute atomic E-state index is 0.257. The molecular formula is C14H10BrN3O2. The highest BCUT2D eigenvalue weighted by Crippen LogP contribution is 2.17. The number of nitrogens with zero attached hydrogens (tertiary/aromatic N) is 2. The fourth-order valence-corrected chi connectivity index (χ4v) is 2.05. The van der Waals surface area contributed by atoms with Crippen molar-refractivity contribution in [2.45, 2.75) is 0 Å². The number of amides is 1. The molecule has 0 bridgehead atoms. The van der Waals surface area contributed by atoms with Crippen LogP contribution in [0.3, 0.4) is 0 Å². The first kappa shape index (κ1) is 12.7. The number of carbonyl (C=O) groups excluding carboxylic acids is 1. The van der Waals surface area contributed by atoms with Crippen LogP contribution in [0.5, 0.6) is 0 Å². The molecule has 6 heteroatoms. The maximum atomic E-state index is 11.9. The van der Waals surface area contributed by atoms with Crippen molar-refractivity contribution in [2.75, 3.05) is 5.32 Å². The summed E-state index contributed by atoms with van der Waals surface area (Å²) in [5, 5.41) is 6.90. The van der Waals surface area contributed by atoms with E-state index in [9.17, 15) is 4.79 Å². The van der Waals surface area contributed by atoms with Crippen molar-refractivity contribution in [3.05, 3.63) is 65.3 Å². The molecule has 1 aromatic carbocycles. The Bertz CT molecular complexity index is 717. The second kappa shape index (κ2) is 5.34. The monoisotopic (exact) mass is 331 g/mol. The molecule has 0 aliphatic rings. The molecule has 3 rings (SSSR count). The van der Waals surface area contributed by atoms with E-state index in [1.54, 1.807) is 23.0 Å². The maximum Gasteiger partial charge on any atom is 0.291 e. The van der Waals surface area contributed by atoms with E-state index < -0.39 is 0 Å². The summed E-state index contributed by atoms with van der Waals surface area (Å²) in [6.45, 7) is 0. The average molecular weight is 332 g/mol. The quantitative estimate of drug-likeness (QED) is 0.799. The Hall–Kier alpha value is -2.34. The number of carbonyl (C=O) groups is 1. The van der Waals surface area contributed by atoms with Crippen LogP contribution in [-0.4, -0.2) is 15.7 Å². The first-order valence-electron chi connectivity index (χ1n) is 5.89. The normalized spacial score (nSPS) is 10.4. The van der Waals surface area contributed by atoms with Crippen LogP contribution in [0.25, 0.3) is 5.69 Å². The number of aromatic nitrogens is 2. The third-order valence-electron chi connectivity index (χ3n) is 2.69. The molecular weight excluding hydrogens is 322 g/mol. The van der Waals surface area contributed by atoms with Gasteiger partial charge in [-0.3, -0.25) is 4.79 Å². The van der Waals surface area contributed by atoms with Crippen LogP contribution in [0.15, 0.2) is 63.9 Å². The highest BCUT2D eigenvalue weighted by Gasteiger charge is 2.10. The van der Waals surface area contributed by atoms with Gasteiger partial charge in [-0.1, -0.05) is 0 Å². The molecule has 0 saturated carbocycles. The lowest BCUT2D eigenvalue weighted by Crippen LogP contribution is -2.10. The van der Waals surface area contributed by atoms with E-state index in [0.717, 1.165) is 5.69 Å². The predicted octanol–water partition coefficient (Wildman–Crippen LogP) is 3.48. The van der Waals surface area contributed by atoms with Gasteiger partial charge in [0.2, 0.25) is 0 Å². The van der Waals surface area contributed by atoms with Gasteiger partial charge in [-0.05, 0) is 58.4 Å². The summed E-state index contributed by atoms with van der Waals surface area (Å²) in [6, 6.07) is 12.5. The maximum absolute atomic E-state index is 11.9. The standard InChI is InChI=1S/C14H10BrN3O2/c15-13-7-6-12(20-13)14(19)17-10-2-4-11(5-3-10)18-9-1-8-16-18/h1-9H,(H,17,19). The highest BCUT2D eigenvalue weighted by atomic mass is 79.9. The molecule has 0 aliphatic carbocycles. The van der Waals surface area contributed by atoms with Gasteiger partial charge < -0.3 is 9.73 Å². The van der Waals surface area contributed by atoms with Gasteiger partial charge in [0.25, 0.3) is 5.91 Å². The fourth-order valence-electron chi connectivity index (χ4n) is 1.75. The molecule has 0 fully saturated rings. The Kier molecular flexibility index (Phi) is 3.39. The zero-order chi connectivity index (χ0) is 13.9. The van der Waals surface area contributed by atoms with E-state index in [1.165, 1.54) is 0 Å². The van der Waals surface area contributed by atoms with E-state index in [0.29, 0.717) is 10.4 Å². The molecule has 100 valence electrons. The molecule has 0 radical (unpaired) electrons. The Morgan fingerprint density at radius 1 is 1.20 bits per heavy atom. The Labute approximate surface area is 123 Å². The summed E-state index contributed by atoms with van der Waals surface area (Å²) >= 11 is 3.16. The number of anilines is 1. The first-order chi connectivity index (χ1) is 9.72. The number of hydrogen-bond acceptors (Lipinski definition) is 3. The molecule has 1 N–H and O–H groups in total. The number of nitrogens with one attached hydrogen (secondary N) is 1. The largest absolute Gasteiger partial charge is 0.444 e. The smallest absolute Gasteiger partial charge is 0.291 e. The molecule has 0 spiro atoms. The molecule has 2 aromatic heterocycles. The third-order valence-corrected chi connectivity index (χ3v) is 3.12. The lowest BCUT2D eigenvalue weighted by molar-refractivity contribution is 0.0995. The molecule has 0 aliphatic heterocycles. The first-order valence-corrected chi connectivity index (χ1v) is 6.68. The van der Waals surface area contributed by atoms with E-state index in [1.807, 2.05) is 36.5 Å². The SMILES string of the molecule is O=C(Nc1ccc(-n2cccn2)cc1)c1ccc(Br)o1. The summed E-state index contributed by atoms with van der Waals surface area (Å²) in [6.07, 6.45) is 3.57. The van der Waals surface area contributed by atoms with Crippen molar-refractivity contribution in [1.82, 2.24) is 9.78 Å². The second-order valence-electron chi connectivity index (χ2n) is 4.06. The molecule has 0 saturated heterocycles. The summed E-state index contributed by atoms with van der Waals surface area (Å²) in [7, 11) is 0. The molecule has 2 heterocycles. The van der Waals surface area contributed by atoms with Gasteiger partial charge in [-0.2, -0.15) is 5.10 Å². The molecule has 5 nitrogen and oxygen atoms in total. The zero-order valence-corrected chi connectivity index (χ0v) is 11.9. The van der Waals surface area contributed by atoms with Crippen molar-refractivity contribution >= 4 is 27.5 Å². The number of benzene rings is 1. The van der Waals surface area contributed by atoms with Crippen LogP contribution in [0, 0.1) is 0 Å². The van der Waals surface area contributed by atoms with Gasteiger partial charge in [-0.25, -0.2) is 4.68 Å². The van der Waals surface area contributed by atoms with Gasteiger partial charge in [-0.15, -0.1) is 0 Å². The molecule has 20 heavy (non-hydrogen) atoms. The Morgan fingerprint density at radius 2 is 2.00 bits per heavy atom. The van der Waals surface area contributed by atoms with Gasteiger partial charge >= 0.3 is 0 Å².